The fraction of sp³-hybridized carbons (Fsp3) is 0.435. The maximum Gasteiger partial charge on any atom is 0.142 e. The number of aryl methyl sites for hydroxylation is 2. The van der Waals surface area contributed by atoms with Crippen molar-refractivity contribution in [1.29, 1.82) is 0 Å². The van der Waals surface area contributed by atoms with Gasteiger partial charge in [-0.05, 0) is 62.3 Å². The molecule has 156 valence electrons. The Balaban J connectivity index is 2.25. The highest BCUT2D eigenvalue weighted by Gasteiger charge is 2.21. The minimum absolute atomic E-state index is 0.307. The van der Waals surface area contributed by atoms with Gasteiger partial charge in [0, 0.05) is 18.7 Å². The number of nitrogens with zero attached hydrogens (tertiary/aromatic N) is 3. The Morgan fingerprint density at radius 2 is 2.00 bits per heavy atom. The molecule has 0 unspecified atom stereocenters. The number of anilines is 1. The SMILES string of the molecule is CCCN(CCCF)c1c(SC)nn2c(-c3c(C)cc(C)cc3OC)cccc12. The summed E-state index contributed by atoms with van der Waals surface area (Å²) in [5, 5.41) is 5.91. The molecule has 0 atom stereocenters. The van der Waals surface area contributed by atoms with E-state index in [9.17, 15) is 4.39 Å². The van der Waals surface area contributed by atoms with Crippen molar-refractivity contribution < 1.29 is 9.13 Å². The summed E-state index contributed by atoms with van der Waals surface area (Å²) in [6.45, 7) is 7.60. The quantitative estimate of drug-likeness (QED) is 0.406. The van der Waals surface area contributed by atoms with E-state index in [4.69, 9.17) is 9.84 Å². The van der Waals surface area contributed by atoms with Gasteiger partial charge in [0.25, 0.3) is 0 Å². The van der Waals surface area contributed by atoms with E-state index < -0.39 is 0 Å². The van der Waals surface area contributed by atoms with Crippen molar-refractivity contribution in [2.24, 2.45) is 0 Å². The van der Waals surface area contributed by atoms with Gasteiger partial charge in [-0.25, -0.2) is 4.52 Å². The highest BCUT2D eigenvalue weighted by molar-refractivity contribution is 7.98. The Labute approximate surface area is 177 Å². The molecule has 0 saturated heterocycles. The van der Waals surface area contributed by atoms with E-state index in [2.05, 4.69) is 56.0 Å². The van der Waals surface area contributed by atoms with Crippen molar-refractivity contribution in [2.75, 3.05) is 38.0 Å². The van der Waals surface area contributed by atoms with Crippen LogP contribution in [0.4, 0.5) is 10.1 Å². The fourth-order valence-corrected chi connectivity index (χ4v) is 4.52. The van der Waals surface area contributed by atoms with Gasteiger partial charge in [-0.3, -0.25) is 4.39 Å². The summed E-state index contributed by atoms with van der Waals surface area (Å²) in [6, 6.07) is 10.5. The van der Waals surface area contributed by atoms with Crippen LogP contribution in [0.2, 0.25) is 0 Å². The molecule has 2 heterocycles. The van der Waals surface area contributed by atoms with E-state index in [1.54, 1.807) is 18.9 Å². The number of alkyl halides is 1. The summed E-state index contributed by atoms with van der Waals surface area (Å²) in [7, 11) is 1.71. The number of rotatable bonds is 9. The van der Waals surface area contributed by atoms with Crippen LogP contribution in [0.5, 0.6) is 5.75 Å². The molecule has 1 aromatic carbocycles. The second-order valence-electron chi connectivity index (χ2n) is 7.25. The molecular formula is C23H30FN3OS. The second-order valence-corrected chi connectivity index (χ2v) is 8.05. The monoisotopic (exact) mass is 415 g/mol. The first-order valence-electron chi connectivity index (χ1n) is 10.1. The van der Waals surface area contributed by atoms with Crippen LogP contribution in [0, 0.1) is 13.8 Å². The fourth-order valence-electron chi connectivity index (χ4n) is 3.93. The Bertz CT molecular complexity index is 986. The Kier molecular flexibility index (Phi) is 7.06. The average molecular weight is 416 g/mol. The summed E-state index contributed by atoms with van der Waals surface area (Å²) in [5.74, 6) is 0.848. The van der Waals surface area contributed by atoms with Gasteiger partial charge in [0.1, 0.15) is 10.8 Å². The summed E-state index contributed by atoms with van der Waals surface area (Å²) < 4.78 is 20.6. The predicted octanol–water partition coefficient (Wildman–Crippen LogP) is 5.92. The highest BCUT2D eigenvalue weighted by atomic mass is 32.2. The van der Waals surface area contributed by atoms with Gasteiger partial charge >= 0.3 is 0 Å². The van der Waals surface area contributed by atoms with E-state index in [0.29, 0.717) is 13.0 Å². The molecule has 0 amide bonds. The van der Waals surface area contributed by atoms with Gasteiger partial charge in [-0.15, -0.1) is 11.8 Å². The van der Waals surface area contributed by atoms with Crippen LogP contribution in [-0.2, 0) is 0 Å². The highest BCUT2D eigenvalue weighted by Crippen LogP contribution is 2.39. The Hall–Kier alpha value is -2.21. The molecule has 0 radical (unpaired) electrons. The van der Waals surface area contributed by atoms with Crippen LogP contribution in [0.15, 0.2) is 35.4 Å². The minimum atomic E-state index is -0.307. The van der Waals surface area contributed by atoms with Crippen molar-refractivity contribution in [1.82, 2.24) is 9.61 Å². The molecule has 2 aromatic heterocycles. The molecule has 3 aromatic rings. The van der Waals surface area contributed by atoms with E-state index in [-0.39, 0.29) is 6.67 Å². The molecule has 6 heteroatoms. The lowest BCUT2D eigenvalue weighted by Gasteiger charge is -2.24. The average Bonchev–Trinajstić information content (AvgIpc) is 3.09. The maximum atomic E-state index is 12.9. The first-order valence-corrected chi connectivity index (χ1v) is 11.3. The molecule has 3 rings (SSSR count). The largest absolute Gasteiger partial charge is 0.496 e. The van der Waals surface area contributed by atoms with Crippen molar-refractivity contribution >= 4 is 23.0 Å². The van der Waals surface area contributed by atoms with Crippen LogP contribution in [-0.4, -0.2) is 42.7 Å². The number of halogens is 1. The molecule has 0 N–H and O–H groups in total. The zero-order valence-corrected chi connectivity index (χ0v) is 18.8. The maximum absolute atomic E-state index is 12.9. The molecule has 4 nitrogen and oxygen atoms in total. The van der Waals surface area contributed by atoms with Crippen molar-refractivity contribution in [2.45, 2.75) is 38.6 Å². The topological polar surface area (TPSA) is 29.8 Å². The van der Waals surface area contributed by atoms with Crippen molar-refractivity contribution in [3.05, 3.63) is 41.5 Å². The normalized spacial score (nSPS) is 11.2. The summed E-state index contributed by atoms with van der Waals surface area (Å²) in [4.78, 5) is 2.27. The minimum Gasteiger partial charge on any atom is -0.496 e. The molecular weight excluding hydrogens is 385 g/mol. The number of aromatic nitrogens is 2. The summed E-state index contributed by atoms with van der Waals surface area (Å²) in [6.07, 6.45) is 3.57. The first-order chi connectivity index (χ1) is 14.0. The van der Waals surface area contributed by atoms with E-state index >= 15 is 0 Å². The third-order valence-electron chi connectivity index (χ3n) is 5.09. The van der Waals surface area contributed by atoms with Crippen molar-refractivity contribution in [3.8, 4) is 17.0 Å². The Morgan fingerprint density at radius 3 is 2.66 bits per heavy atom. The number of fused-ring (bicyclic) bond motifs is 1. The van der Waals surface area contributed by atoms with Gasteiger partial charge in [-0.2, -0.15) is 5.10 Å². The molecule has 0 aliphatic carbocycles. The van der Waals surface area contributed by atoms with Gasteiger partial charge in [0.05, 0.1) is 30.7 Å². The number of methoxy groups -OCH3 is 1. The smallest absolute Gasteiger partial charge is 0.142 e. The molecule has 0 fully saturated rings. The molecule has 29 heavy (non-hydrogen) atoms. The molecule has 0 aliphatic rings. The number of hydrogen-bond donors (Lipinski definition) is 0. The van der Waals surface area contributed by atoms with Crippen LogP contribution >= 0.6 is 11.8 Å². The first kappa shape index (κ1) is 21.5. The van der Waals surface area contributed by atoms with Crippen LogP contribution in [0.3, 0.4) is 0 Å². The third-order valence-corrected chi connectivity index (χ3v) is 5.75. The molecule has 0 aliphatic heterocycles. The third kappa shape index (κ3) is 4.22. The zero-order chi connectivity index (χ0) is 21.0. The summed E-state index contributed by atoms with van der Waals surface area (Å²) >= 11 is 1.63. The lowest BCUT2D eigenvalue weighted by atomic mass is 10.0. The lowest BCUT2D eigenvalue weighted by Crippen LogP contribution is -2.26. The Morgan fingerprint density at radius 1 is 1.21 bits per heavy atom. The van der Waals surface area contributed by atoms with Gasteiger partial charge in [0.2, 0.25) is 0 Å². The number of thioether (sulfide) groups is 1. The second kappa shape index (κ2) is 9.53. The number of benzene rings is 1. The van der Waals surface area contributed by atoms with E-state index in [1.807, 2.05) is 10.8 Å². The molecule has 0 saturated carbocycles. The molecule has 0 spiro atoms. The van der Waals surface area contributed by atoms with Crippen molar-refractivity contribution in [3.63, 3.8) is 0 Å². The number of pyridine rings is 1. The number of hydrogen-bond acceptors (Lipinski definition) is 4. The predicted molar refractivity (Wildman–Crippen MR) is 122 cm³/mol. The van der Waals surface area contributed by atoms with E-state index in [1.165, 1.54) is 5.56 Å². The van der Waals surface area contributed by atoms with Crippen LogP contribution < -0.4 is 9.64 Å². The van der Waals surface area contributed by atoms with Gasteiger partial charge in [-0.1, -0.05) is 19.1 Å². The standard InChI is InChI=1S/C23H30FN3OS/c1-6-12-26(13-8-11-24)22-19-10-7-9-18(27(19)25-23(22)29-5)21-17(3)14-16(2)15-20(21)28-4/h7,9-10,14-15H,6,8,11-13H2,1-5H3. The van der Waals surface area contributed by atoms with Crippen LogP contribution in [0.1, 0.15) is 30.9 Å². The van der Waals surface area contributed by atoms with Crippen LogP contribution in [0.25, 0.3) is 16.8 Å². The zero-order valence-electron chi connectivity index (χ0n) is 18.0. The van der Waals surface area contributed by atoms with Gasteiger partial charge in [0.15, 0.2) is 0 Å². The van der Waals surface area contributed by atoms with Gasteiger partial charge < -0.3 is 9.64 Å². The molecule has 0 bridgehead atoms. The van der Waals surface area contributed by atoms with E-state index in [0.717, 1.165) is 51.8 Å². The summed E-state index contributed by atoms with van der Waals surface area (Å²) in [5.41, 5.74) is 6.51. The lowest BCUT2D eigenvalue weighted by molar-refractivity contribution is 0.415. The number of ether oxygens (including phenoxy) is 1.